The molecule has 1 amide bonds. The SMILES string of the molecule is [C-]#[N+]c1ccc(OC2CC3CC(N4Cc5ncncc5C4=O)CC3C2)cc1Br. The van der Waals surface area contributed by atoms with Gasteiger partial charge in [-0.1, -0.05) is 22.0 Å². The van der Waals surface area contributed by atoms with Gasteiger partial charge in [0.25, 0.3) is 5.91 Å². The van der Waals surface area contributed by atoms with Crippen LogP contribution in [-0.2, 0) is 6.54 Å². The molecule has 2 heterocycles. The Balaban J connectivity index is 1.21. The van der Waals surface area contributed by atoms with Crippen LogP contribution in [0.15, 0.2) is 35.2 Å². The maximum absolute atomic E-state index is 12.7. The van der Waals surface area contributed by atoms with Crippen molar-refractivity contribution in [1.29, 1.82) is 0 Å². The zero-order valence-electron chi connectivity index (χ0n) is 15.2. The fourth-order valence-electron chi connectivity index (χ4n) is 5.07. The molecule has 0 N–H and O–H groups in total. The topological polar surface area (TPSA) is 59.7 Å². The fourth-order valence-corrected chi connectivity index (χ4v) is 5.51. The third kappa shape index (κ3) is 2.96. The van der Waals surface area contributed by atoms with E-state index in [2.05, 4.69) is 30.7 Å². The summed E-state index contributed by atoms with van der Waals surface area (Å²) in [5, 5.41) is 0. The molecule has 2 fully saturated rings. The molecule has 2 aromatic rings. The van der Waals surface area contributed by atoms with Crippen molar-refractivity contribution in [1.82, 2.24) is 14.9 Å². The van der Waals surface area contributed by atoms with E-state index in [1.165, 1.54) is 6.33 Å². The van der Waals surface area contributed by atoms with Gasteiger partial charge in [-0.25, -0.2) is 14.8 Å². The van der Waals surface area contributed by atoms with Crippen molar-refractivity contribution < 1.29 is 9.53 Å². The second kappa shape index (κ2) is 6.85. The highest BCUT2D eigenvalue weighted by molar-refractivity contribution is 9.10. The molecule has 5 rings (SSSR count). The van der Waals surface area contributed by atoms with Gasteiger partial charge in [0, 0.05) is 16.7 Å². The first kappa shape index (κ1) is 17.6. The van der Waals surface area contributed by atoms with Crippen molar-refractivity contribution in [2.24, 2.45) is 11.8 Å². The molecule has 2 saturated carbocycles. The number of fused-ring (bicyclic) bond motifs is 2. The third-order valence-electron chi connectivity index (χ3n) is 6.34. The van der Waals surface area contributed by atoms with Gasteiger partial charge in [-0.05, 0) is 49.7 Å². The van der Waals surface area contributed by atoms with E-state index in [-0.39, 0.29) is 12.0 Å². The Kier molecular flexibility index (Phi) is 4.31. The Morgan fingerprint density at radius 3 is 2.68 bits per heavy atom. The van der Waals surface area contributed by atoms with Crippen molar-refractivity contribution in [2.45, 2.75) is 44.4 Å². The summed E-state index contributed by atoms with van der Waals surface area (Å²) < 4.78 is 6.96. The van der Waals surface area contributed by atoms with Crippen LogP contribution in [0.5, 0.6) is 5.75 Å². The molecular formula is C21H19BrN4O2. The molecule has 1 aromatic carbocycles. The van der Waals surface area contributed by atoms with Gasteiger partial charge in [0.15, 0.2) is 0 Å². The maximum atomic E-state index is 12.7. The number of carbonyl (C=O) groups is 1. The van der Waals surface area contributed by atoms with Gasteiger partial charge in [0.2, 0.25) is 5.69 Å². The summed E-state index contributed by atoms with van der Waals surface area (Å²) >= 11 is 3.43. The van der Waals surface area contributed by atoms with Crippen LogP contribution < -0.4 is 4.74 Å². The quantitative estimate of drug-likeness (QED) is 0.666. The van der Waals surface area contributed by atoms with E-state index in [4.69, 9.17) is 11.3 Å². The molecule has 2 atom stereocenters. The van der Waals surface area contributed by atoms with Gasteiger partial charge in [-0.2, -0.15) is 0 Å². The molecule has 0 saturated heterocycles. The lowest BCUT2D eigenvalue weighted by Crippen LogP contribution is -2.34. The van der Waals surface area contributed by atoms with E-state index >= 15 is 0 Å². The second-order valence-electron chi connectivity index (χ2n) is 7.90. The molecule has 7 heteroatoms. The number of rotatable bonds is 3. The Morgan fingerprint density at radius 1 is 1.21 bits per heavy atom. The summed E-state index contributed by atoms with van der Waals surface area (Å²) in [6.07, 6.45) is 7.50. The molecule has 1 aromatic heterocycles. The fraction of sp³-hybridized carbons (Fsp3) is 0.429. The van der Waals surface area contributed by atoms with Crippen molar-refractivity contribution in [3.8, 4) is 5.75 Å². The summed E-state index contributed by atoms with van der Waals surface area (Å²) in [5.41, 5.74) is 2.11. The van der Waals surface area contributed by atoms with E-state index in [1.54, 1.807) is 12.3 Å². The van der Waals surface area contributed by atoms with Gasteiger partial charge in [-0.3, -0.25) is 4.79 Å². The van der Waals surface area contributed by atoms with Crippen LogP contribution in [0.3, 0.4) is 0 Å². The Labute approximate surface area is 171 Å². The van der Waals surface area contributed by atoms with Crippen LogP contribution in [-0.4, -0.2) is 32.9 Å². The molecule has 2 unspecified atom stereocenters. The van der Waals surface area contributed by atoms with Crippen molar-refractivity contribution in [2.75, 3.05) is 0 Å². The Hall–Kier alpha value is -2.46. The smallest absolute Gasteiger partial charge is 0.257 e. The molecule has 142 valence electrons. The lowest BCUT2D eigenvalue weighted by atomic mass is 10.0. The predicted octanol–water partition coefficient (Wildman–Crippen LogP) is 4.38. The van der Waals surface area contributed by atoms with Crippen LogP contribution in [0, 0.1) is 18.4 Å². The van der Waals surface area contributed by atoms with Crippen LogP contribution in [0.2, 0.25) is 0 Å². The van der Waals surface area contributed by atoms with E-state index < -0.39 is 0 Å². The largest absolute Gasteiger partial charge is 0.490 e. The minimum atomic E-state index is 0.0816. The van der Waals surface area contributed by atoms with E-state index in [9.17, 15) is 4.79 Å². The number of aromatic nitrogens is 2. The third-order valence-corrected chi connectivity index (χ3v) is 6.97. The van der Waals surface area contributed by atoms with Gasteiger partial charge < -0.3 is 9.64 Å². The van der Waals surface area contributed by atoms with Crippen LogP contribution in [0.1, 0.15) is 41.7 Å². The highest BCUT2D eigenvalue weighted by atomic mass is 79.9. The summed E-state index contributed by atoms with van der Waals surface area (Å²) in [7, 11) is 0. The number of hydrogen-bond acceptors (Lipinski definition) is 4. The average Bonchev–Trinajstić information content (AvgIpc) is 3.34. The van der Waals surface area contributed by atoms with Crippen LogP contribution in [0.4, 0.5) is 5.69 Å². The zero-order valence-corrected chi connectivity index (χ0v) is 16.8. The van der Waals surface area contributed by atoms with Gasteiger partial charge in [-0.15, -0.1) is 0 Å². The predicted molar refractivity (Wildman–Crippen MR) is 106 cm³/mol. The number of ether oxygens (including phenoxy) is 1. The molecule has 0 spiro atoms. The van der Waals surface area contributed by atoms with Crippen molar-refractivity contribution in [3.05, 3.63) is 57.9 Å². The van der Waals surface area contributed by atoms with Crippen LogP contribution in [0.25, 0.3) is 4.85 Å². The summed E-state index contributed by atoms with van der Waals surface area (Å²) in [6, 6.07) is 5.84. The van der Waals surface area contributed by atoms with E-state index in [0.29, 0.717) is 35.7 Å². The van der Waals surface area contributed by atoms with Crippen molar-refractivity contribution >= 4 is 27.5 Å². The lowest BCUT2D eigenvalue weighted by molar-refractivity contribution is 0.0692. The molecule has 1 aliphatic heterocycles. The number of benzene rings is 1. The van der Waals surface area contributed by atoms with Gasteiger partial charge in [0.05, 0.1) is 30.5 Å². The standard InChI is InChI=1S/C21H19BrN4O2/c1-23-19-3-2-15(8-18(19)22)28-16-6-12-4-14(5-13(12)7-16)26-10-20-17(21(26)27)9-24-11-25-20/h2-3,8-9,11-14,16H,4-7,10H2. The second-order valence-corrected chi connectivity index (χ2v) is 8.75. The number of nitrogens with zero attached hydrogens (tertiary/aromatic N) is 4. The van der Waals surface area contributed by atoms with E-state index in [0.717, 1.165) is 41.6 Å². The minimum absolute atomic E-state index is 0.0816. The summed E-state index contributed by atoms with van der Waals surface area (Å²) in [4.78, 5) is 26.4. The first-order valence-corrected chi connectivity index (χ1v) is 10.3. The first-order valence-electron chi connectivity index (χ1n) is 9.56. The lowest BCUT2D eigenvalue weighted by Gasteiger charge is -2.25. The van der Waals surface area contributed by atoms with Gasteiger partial charge >= 0.3 is 0 Å². The average molecular weight is 439 g/mol. The Bertz CT molecular complexity index is 975. The number of amides is 1. The van der Waals surface area contributed by atoms with Gasteiger partial charge in [0.1, 0.15) is 12.1 Å². The normalized spacial score (nSPS) is 28.1. The van der Waals surface area contributed by atoms with E-state index in [1.807, 2.05) is 17.0 Å². The molecule has 0 bridgehead atoms. The molecule has 2 aliphatic carbocycles. The zero-order chi connectivity index (χ0) is 19.3. The molecule has 6 nitrogen and oxygen atoms in total. The van der Waals surface area contributed by atoms with Crippen LogP contribution >= 0.6 is 15.9 Å². The highest BCUT2D eigenvalue weighted by Crippen LogP contribution is 2.48. The summed E-state index contributed by atoms with van der Waals surface area (Å²) in [5.74, 6) is 2.09. The first-order chi connectivity index (χ1) is 13.6. The monoisotopic (exact) mass is 438 g/mol. The molecule has 3 aliphatic rings. The Morgan fingerprint density at radius 2 is 2.00 bits per heavy atom. The maximum Gasteiger partial charge on any atom is 0.257 e. The molecule has 0 radical (unpaired) electrons. The minimum Gasteiger partial charge on any atom is -0.490 e. The van der Waals surface area contributed by atoms with Crippen molar-refractivity contribution in [3.63, 3.8) is 0 Å². The highest BCUT2D eigenvalue weighted by Gasteiger charge is 2.46. The molecule has 28 heavy (non-hydrogen) atoms. The number of carbonyl (C=O) groups excluding carboxylic acids is 1. The molecular weight excluding hydrogens is 420 g/mol. The number of halogens is 1. The number of hydrogen-bond donors (Lipinski definition) is 0. The summed E-state index contributed by atoms with van der Waals surface area (Å²) in [6.45, 7) is 7.74.